The quantitative estimate of drug-likeness (QED) is 0.520. The number of aliphatic hydroxyl groups is 1. The van der Waals surface area contributed by atoms with Crippen LogP contribution in [0.2, 0.25) is 0 Å². The number of rotatable bonds is 5. The molecule has 0 atom stereocenters. The molecule has 1 fully saturated rings. The number of nitrogens with one attached hydrogen (secondary N) is 2. The van der Waals surface area contributed by atoms with Crippen molar-refractivity contribution in [3.05, 3.63) is 24.3 Å². The van der Waals surface area contributed by atoms with E-state index in [0.717, 1.165) is 31.9 Å². The van der Waals surface area contributed by atoms with Crippen LogP contribution in [-0.4, -0.2) is 68.2 Å². The fourth-order valence-electron chi connectivity index (χ4n) is 2.37. The Hall–Kier alpha value is -2.12. The van der Waals surface area contributed by atoms with Crippen LogP contribution in [0.25, 0.3) is 0 Å². The maximum Gasteiger partial charge on any atom is 0.313 e. The number of carbonyl (C=O) groups excluding carboxylic acids is 2. The zero-order chi connectivity index (χ0) is 16.7. The van der Waals surface area contributed by atoms with Crippen LogP contribution >= 0.6 is 0 Å². The van der Waals surface area contributed by atoms with Crippen molar-refractivity contribution in [2.75, 3.05) is 56.6 Å². The number of carbonyl (C=O) groups is 2. The number of anilines is 2. The van der Waals surface area contributed by atoms with Gasteiger partial charge in [0.05, 0.1) is 0 Å². The van der Waals surface area contributed by atoms with Crippen LogP contribution in [-0.2, 0) is 9.59 Å². The van der Waals surface area contributed by atoms with Gasteiger partial charge in [-0.2, -0.15) is 0 Å². The van der Waals surface area contributed by atoms with Crippen molar-refractivity contribution in [2.45, 2.75) is 6.42 Å². The Balaban J connectivity index is 1.84. The van der Waals surface area contributed by atoms with Crippen molar-refractivity contribution in [2.24, 2.45) is 0 Å². The van der Waals surface area contributed by atoms with Crippen LogP contribution in [0.5, 0.6) is 0 Å². The van der Waals surface area contributed by atoms with Crippen molar-refractivity contribution in [3.8, 4) is 0 Å². The molecule has 1 aromatic rings. The number of benzene rings is 1. The fraction of sp³-hybridized carbons (Fsp3) is 0.500. The number of nitrogens with zero attached hydrogens (tertiary/aromatic N) is 2. The zero-order valence-corrected chi connectivity index (χ0v) is 13.4. The summed E-state index contributed by atoms with van der Waals surface area (Å²) in [6, 6.07) is 7.49. The third-order valence-electron chi connectivity index (χ3n) is 3.82. The minimum atomic E-state index is -0.699. The molecule has 7 nitrogen and oxygen atoms in total. The SMILES string of the molecule is CN1CCN(c2ccc(NC(=O)C(=O)NCCCO)cc2)CC1. The van der Waals surface area contributed by atoms with E-state index < -0.39 is 11.8 Å². The van der Waals surface area contributed by atoms with Gasteiger partial charge in [-0.1, -0.05) is 0 Å². The molecule has 1 heterocycles. The molecule has 7 heteroatoms. The molecule has 0 aliphatic carbocycles. The van der Waals surface area contributed by atoms with E-state index in [1.807, 2.05) is 12.1 Å². The van der Waals surface area contributed by atoms with E-state index in [4.69, 9.17) is 5.11 Å². The lowest BCUT2D eigenvalue weighted by atomic mass is 10.2. The summed E-state index contributed by atoms with van der Waals surface area (Å²) in [5, 5.41) is 13.7. The lowest BCUT2D eigenvalue weighted by Gasteiger charge is -2.34. The van der Waals surface area contributed by atoms with E-state index in [1.54, 1.807) is 12.1 Å². The van der Waals surface area contributed by atoms with Gasteiger partial charge in [-0.25, -0.2) is 0 Å². The summed E-state index contributed by atoms with van der Waals surface area (Å²) in [5.41, 5.74) is 1.70. The smallest absolute Gasteiger partial charge is 0.313 e. The molecule has 23 heavy (non-hydrogen) atoms. The minimum absolute atomic E-state index is 0.0182. The van der Waals surface area contributed by atoms with E-state index in [1.165, 1.54) is 0 Å². The maximum absolute atomic E-state index is 11.7. The maximum atomic E-state index is 11.7. The molecule has 1 aliphatic rings. The minimum Gasteiger partial charge on any atom is -0.396 e. The second kappa shape index (κ2) is 8.50. The number of hydrogen-bond acceptors (Lipinski definition) is 5. The average Bonchev–Trinajstić information content (AvgIpc) is 2.56. The highest BCUT2D eigenvalue weighted by Crippen LogP contribution is 2.19. The summed E-state index contributed by atoms with van der Waals surface area (Å²) >= 11 is 0. The number of amides is 2. The molecule has 0 aromatic heterocycles. The Morgan fingerprint density at radius 1 is 1.09 bits per heavy atom. The first-order valence-electron chi connectivity index (χ1n) is 7.84. The fourth-order valence-corrected chi connectivity index (χ4v) is 2.37. The third kappa shape index (κ3) is 5.22. The predicted octanol–water partition coefficient (Wildman–Crippen LogP) is -0.124. The molecule has 0 bridgehead atoms. The van der Waals surface area contributed by atoms with Gasteiger partial charge in [0, 0.05) is 50.7 Å². The molecular weight excluding hydrogens is 296 g/mol. The molecule has 2 amide bonds. The van der Waals surface area contributed by atoms with E-state index >= 15 is 0 Å². The van der Waals surface area contributed by atoms with Crippen LogP contribution in [0.4, 0.5) is 11.4 Å². The van der Waals surface area contributed by atoms with Gasteiger partial charge < -0.3 is 25.5 Å². The molecule has 0 unspecified atom stereocenters. The second-order valence-electron chi connectivity index (χ2n) is 5.62. The summed E-state index contributed by atoms with van der Waals surface area (Å²) in [6.07, 6.45) is 0.429. The topological polar surface area (TPSA) is 84.9 Å². The van der Waals surface area contributed by atoms with Gasteiger partial charge in [-0.05, 0) is 37.7 Å². The van der Waals surface area contributed by atoms with E-state index in [0.29, 0.717) is 12.1 Å². The van der Waals surface area contributed by atoms with Crippen LogP contribution in [0, 0.1) is 0 Å². The number of likely N-dealkylation sites (N-methyl/N-ethyl adjacent to an activating group) is 1. The highest BCUT2D eigenvalue weighted by Gasteiger charge is 2.15. The summed E-state index contributed by atoms with van der Waals surface area (Å²) in [7, 11) is 2.11. The Labute approximate surface area is 136 Å². The van der Waals surface area contributed by atoms with Crippen molar-refractivity contribution in [3.63, 3.8) is 0 Å². The monoisotopic (exact) mass is 320 g/mol. The second-order valence-corrected chi connectivity index (χ2v) is 5.62. The first-order valence-corrected chi connectivity index (χ1v) is 7.84. The molecule has 2 rings (SSSR count). The standard InChI is InChI=1S/C16H24N4O3/c1-19-8-10-20(11-9-19)14-5-3-13(4-6-14)18-16(23)15(22)17-7-2-12-21/h3-6,21H,2,7-12H2,1H3,(H,17,22)(H,18,23). The molecule has 1 aliphatic heterocycles. The van der Waals surface area contributed by atoms with Gasteiger partial charge in [0.2, 0.25) is 0 Å². The largest absolute Gasteiger partial charge is 0.396 e. The van der Waals surface area contributed by atoms with Crippen molar-refractivity contribution in [1.82, 2.24) is 10.2 Å². The summed E-state index contributed by atoms with van der Waals surface area (Å²) in [5.74, 6) is -1.39. The van der Waals surface area contributed by atoms with E-state index in [-0.39, 0.29) is 13.2 Å². The molecule has 1 saturated heterocycles. The molecule has 0 spiro atoms. The predicted molar refractivity (Wildman–Crippen MR) is 89.5 cm³/mol. The molecular formula is C16H24N4O3. The third-order valence-corrected chi connectivity index (χ3v) is 3.82. The van der Waals surface area contributed by atoms with Crippen LogP contribution < -0.4 is 15.5 Å². The molecule has 3 N–H and O–H groups in total. The highest BCUT2D eigenvalue weighted by molar-refractivity contribution is 6.39. The van der Waals surface area contributed by atoms with Crippen molar-refractivity contribution >= 4 is 23.2 Å². The Bertz CT molecular complexity index is 525. The lowest BCUT2D eigenvalue weighted by molar-refractivity contribution is -0.136. The Kier molecular flexibility index (Phi) is 6.37. The van der Waals surface area contributed by atoms with Crippen molar-refractivity contribution < 1.29 is 14.7 Å². The normalized spacial score (nSPS) is 15.3. The average molecular weight is 320 g/mol. The first kappa shape index (κ1) is 17.2. The van der Waals surface area contributed by atoms with Crippen molar-refractivity contribution in [1.29, 1.82) is 0 Å². The molecule has 0 radical (unpaired) electrons. The van der Waals surface area contributed by atoms with Crippen LogP contribution in [0.15, 0.2) is 24.3 Å². The van der Waals surface area contributed by atoms with Gasteiger partial charge >= 0.3 is 11.8 Å². The van der Waals surface area contributed by atoms with Crippen LogP contribution in [0.3, 0.4) is 0 Å². The Morgan fingerprint density at radius 2 is 1.74 bits per heavy atom. The van der Waals surface area contributed by atoms with Gasteiger partial charge in [-0.15, -0.1) is 0 Å². The Morgan fingerprint density at radius 3 is 2.35 bits per heavy atom. The zero-order valence-electron chi connectivity index (χ0n) is 13.4. The first-order chi connectivity index (χ1) is 11.1. The summed E-state index contributed by atoms with van der Waals surface area (Å²) in [6.45, 7) is 4.30. The summed E-state index contributed by atoms with van der Waals surface area (Å²) < 4.78 is 0. The molecule has 0 saturated carbocycles. The number of piperazine rings is 1. The highest BCUT2D eigenvalue weighted by atomic mass is 16.3. The van der Waals surface area contributed by atoms with Gasteiger partial charge in [-0.3, -0.25) is 9.59 Å². The van der Waals surface area contributed by atoms with E-state index in [2.05, 4.69) is 27.5 Å². The van der Waals surface area contributed by atoms with Gasteiger partial charge in [0.25, 0.3) is 0 Å². The lowest BCUT2D eigenvalue weighted by Crippen LogP contribution is -2.44. The molecule has 1 aromatic carbocycles. The number of hydrogen-bond donors (Lipinski definition) is 3. The molecule has 126 valence electrons. The van der Waals surface area contributed by atoms with Gasteiger partial charge in [0.1, 0.15) is 0 Å². The van der Waals surface area contributed by atoms with Crippen LogP contribution in [0.1, 0.15) is 6.42 Å². The van der Waals surface area contributed by atoms with E-state index in [9.17, 15) is 9.59 Å². The number of aliphatic hydroxyl groups excluding tert-OH is 1. The van der Waals surface area contributed by atoms with Gasteiger partial charge in [0.15, 0.2) is 0 Å². The summed E-state index contributed by atoms with van der Waals surface area (Å²) in [4.78, 5) is 27.9.